The van der Waals surface area contributed by atoms with Crippen LogP contribution in [-0.4, -0.2) is 38.4 Å². The zero-order valence-electron chi connectivity index (χ0n) is 17.6. The highest BCUT2D eigenvalue weighted by Crippen LogP contribution is 2.40. The van der Waals surface area contributed by atoms with Gasteiger partial charge in [-0.25, -0.2) is 4.79 Å². The number of aryl methyl sites for hydroxylation is 1. The molecule has 0 bridgehead atoms. The van der Waals surface area contributed by atoms with Crippen molar-refractivity contribution in [2.24, 2.45) is 7.05 Å². The standard InChI is InChI=1S/C22H25N3O5.ClH/c1-4-11(2)23-10-13-7-12-8-15-17(9-16(12)25(13)3)30-6-5-14-19(15)24-21(27)18(20(14)26)22(28)29;/h7-9,11,23H,4-6,10H2,1-3H3,(H,28,29)(H2,24,26,27);1H. The van der Waals surface area contributed by atoms with Crippen LogP contribution >= 0.6 is 12.4 Å². The van der Waals surface area contributed by atoms with E-state index in [1.165, 1.54) is 0 Å². The van der Waals surface area contributed by atoms with Gasteiger partial charge in [0, 0.05) is 54.3 Å². The SMILES string of the molecule is CCC(C)NCc1cc2cc3c(cc2n1C)OCCc1c-3[nH]c(=O)c(C(=O)O)c1O.Cl. The second-order valence-electron chi connectivity index (χ2n) is 7.73. The third-order valence-corrected chi connectivity index (χ3v) is 5.87. The van der Waals surface area contributed by atoms with Crippen molar-refractivity contribution in [3.05, 3.63) is 45.4 Å². The number of pyridine rings is 1. The van der Waals surface area contributed by atoms with Crippen LogP contribution in [0.15, 0.2) is 23.0 Å². The number of ether oxygens (including phenoxy) is 1. The molecule has 1 unspecified atom stereocenters. The van der Waals surface area contributed by atoms with Crippen LogP contribution in [0.1, 0.15) is 41.9 Å². The number of carbonyl (C=O) groups is 1. The molecule has 4 N–H and O–H groups in total. The van der Waals surface area contributed by atoms with Gasteiger partial charge in [-0.3, -0.25) is 4.79 Å². The summed E-state index contributed by atoms with van der Waals surface area (Å²) in [6, 6.07) is 6.33. The molecule has 4 rings (SSSR count). The van der Waals surface area contributed by atoms with E-state index in [2.05, 4.69) is 34.8 Å². The highest BCUT2D eigenvalue weighted by Gasteiger charge is 2.26. The predicted octanol–water partition coefficient (Wildman–Crippen LogP) is 3.18. The van der Waals surface area contributed by atoms with E-state index < -0.39 is 22.8 Å². The van der Waals surface area contributed by atoms with Gasteiger partial charge < -0.3 is 29.8 Å². The second kappa shape index (κ2) is 8.64. The number of H-pyrrole nitrogens is 1. The lowest BCUT2D eigenvalue weighted by Crippen LogP contribution is -2.25. The fourth-order valence-corrected chi connectivity index (χ4v) is 3.89. The number of rotatable bonds is 5. The zero-order valence-corrected chi connectivity index (χ0v) is 18.4. The van der Waals surface area contributed by atoms with Crippen molar-refractivity contribution >= 4 is 29.3 Å². The summed E-state index contributed by atoms with van der Waals surface area (Å²) in [4.78, 5) is 26.4. The van der Waals surface area contributed by atoms with Crippen molar-refractivity contribution in [3.8, 4) is 22.8 Å². The number of hydrogen-bond acceptors (Lipinski definition) is 5. The summed E-state index contributed by atoms with van der Waals surface area (Å²) in [6.07, 6.45) is 1.32. The van der Waals surface area contributed by atoms with Gasteiger partial charge in [0.2, 0.25) is 0 Å². The molecule has 0 saturated carbocycles. The molecule has 0 spiro atoms. The van der Waals surface area contributed by atoms with Crippen LogP contribution in [0.25, 0.3) is 22.2 Å². The van der Waals surface area contributed by atoms with Crippen molar-refractivity contribution < 1.29 is 19.7 Å². The molecule has 1 aliphatic rings. The van der Waals surface area contributed by atoms with E-state index >= 15 is 0 Å². The fourth-order valence-electron chi connectivity index (χ4n) is 3.89. The quantitative estimate of drug-likeness (QED) is 0.477. The van der Waals surface area contributed by atoms with Gasteiger partial charge in [0.25, 0.3) is 5.56 Å². The third kappa shape index (κ3) is 3.88. The summed E-state index contributed by atoms with van der Waals surface area (Å²) >= 11 is 0. The van der Waals surface area contributed by atoms with Crippen LogP contribution in [0.3, 0.4) is 0 Å². The summed E-state index contributed by atoms with van der Waals surface area (Å²) in [6.45, 7) is 5.26. The predicted molar refractivity (Wildman–Crippen MR) is 121 cm³/mol. The summed E-state index contributed by atoms with van der Waals surface area (Å²) in [7, 11) is 2.00. The monoisotopic (exact) mass is 447 g/mol. The third-order valence-electron chi connectivity index (χ3n) is 5.87. The van der Waals surface area contributed by atoms with E-state index in [0.717, 1.165) is 29.6 Å². The Labute approximate surface area is 185 Å². The average molecular weight is 448 g/mol. The summed E-state index contributed by atoms with van der Waals surface area (Å²) in [5, 5.41) is 24.2. The van der Waals surface area contributed by atoms with E-state index in [1.54, 1.807) is 0 Å². The lowest BCUT2D eigenvalue weighted by molar-refractivity contribution is 0.0691. The zero-order chi connectivity index (χ0) is 21.6. The van der Waals surface area contributed by atoms with Gasteiger partial charge in [-0.05, 0) is 25.5 Å². The molecule has 2 aromatic heterocycles. The molecule has 0 saturated heterocycles. The molecular formula is C22H26ClN3O5. The number of carboxylic acid groups (broad SMARTS) is 1. The number of aromatic nitrogens is 2. The highest BCUT2D eigenvalue weighted by molar-refractivity contribution is 5.94. The van der Waals surface area contributed by atoms with Crippen LogP contribution in [0.5, 0.6) is 11.5 Å². The maximum Gasteiger partial charge on any atom is 0.345 e. The molecular weight excluding hydrogens is 422 g/mol. The first kappa shape index (κ1) is 22.7. The first-order valence-corrected chi connectivity index (χ1v) is 10.0. The number of nitrogens with zero attached hydrogens (tertiary/aromatic N) is 1. The van der Waals surface area contributed by atoms with Gasteiger partial charge in [-0.2, -0.15) is 0 Å². The van der Waals surface area contributed by atoms with Crippen LogP contribution in [0.4, 0.5) is 0 Å². The lowest BCUT2D eigenvalue weighted by atomic mass is 9.99. The maximum absolute atomic E-state index is 12.3. The Morgan fingerprint density at radius 1 is 1.35 bits per heavy atom. The van der Waals surface area contributed by atoms with Crippen molar-refractivity contribution in [2.45, 2.75) is 39.3 Å². The van der Waals surface area contributed by atoms with E-state index in [9.17, 15) is 19.8 Å². The van der Waals surface area contributed by atoms with Gasteiger partial charge in [-0.1, -0.05) is 6.92 Å². The Morgan fingerprint density at radius 2 is 2.10 bits per heavy atom. The minimum absolute atomic E-state index is 0. The molecule has 166 valence electrons. The minimum Gasteiger partial charge on any atom is -0.506 e. The number of aromatic amines is 1. The first-order chi connectivity index (χ1) is 14.3. The number of nitrogens with one attached hydrogen (secondary N) is 2. The molecule has 0 amide bonds. The molecule has 3 heterocycles. The molecule has 31 heavy (non-hydrogen) atoms. The molecule has 0 radical (unpaired) electrons. The summed E-state index contributed by atoms with van der Waals surface area (Å²) < 4.78 is 8.01. The van der Waals surface area contributed by atoms with Crippen molar-refractivity contribution in [3.63, 3.8) is 0 Å². The molecule has 1 atom stereocenters. The van der Waals surface area contributed by atoms with Crippen molar-refractivity contribution in [2.75, 3.05) is 6.61 Å². The molecule has 0 fully saturated rings. The Hall–Kier alpha value is -2.97. The second-order valence-corrected chi connectivity index (χ2v) is 7.73. The van der Waals surface area contributed by atoms with Crippen LogP contribution in [0, 0.1) is 0 Å². The van der Waals surface area contributed by atoms with Crippen LogP contribution in [-0.2, 0) is 20.0 Å². The Balaban J connectivity index is 0.00000272. The van der Waals surface area contributed by atoms with E-state index in [1.807, 2.05) is 19.2 Å². The normalized spacial score (nSPS) is 13.5. The number of hydrogen-bond donors (Lipinski definition) is 4. The Kier molecular flexibility index (Phi) is 6.33. The minimum atomic E-state index is -1.46. The van der Waals surface area contributed by atoms with E-state index in [-0.39, 0.29) is 25.4 Å². The smallest absolute Gasteiger partial charge is 0.345 e. The largest absolute Gasteiger partial charge is 0.506 e. The number of halogens is 1. The average Bonchev–Trinajstić information content (AvgIpc) is 2.89. The number of benzene rings is 1. The van der Waals surface area contributed by atoms with Gasteiger partial charge in [0.05, 0.1) is 17.8 Å². The molecule has 3 aromatic rings. The summed E-state index contributed by atoms with van der Waals surface area (Å²) in [5.41, 5.74) is 2.04. The Morgan fingerprint density at radius 3 is 2.77 bits per heavy atom. The number of carboxylic acids is 1. The number of aromatic hydroxyl groups is 1. The molecule has 1 aromatic carbocycles. The van der Waals surface area contributed by atoms with Crippen LogP contribution in [0.2, 0.25) is 0 Å². The van der Waals surface area contributed by atoms with Gasteiger partial charge >= 0.3 is 5.97 Å². The number of fused-ring (bicyclic) bond motifs is 4. The van der Waals surface area contributed by atoms with E-state index in [0.29, 0.717) is 28.6 Å². The van der Waals surface area contributed by atoms with E-state index in [4.69, 9.17) is 4.74 Å². The first-order valence-electron chi connectivity index (χ1n) is 10.0. The molecule has 0 aliphatic carbocycles. The topological polar surface area (TPSA) is 117 Å². The van der Waals surface area contributed by atoms with Gasteiger partial charge in [0.15, 0.2) is 5.56 Å². The Bertz CT molecular complexity index is 1210. The maximum atomic E-state index is 12.3. The molecule has 1 aliphatic heterocycles. The highest BCUT2D eigenvalue weighted by atomic mass is 35.5. The fraction of sp³-hybridized carbons (Fsp3) is 0.364. The van der Waals surface area contributed by atoms with Gasteiger partial charge in [0.1, 0.15) is 11.5 Å². The van der Waals surface area contributed by atoms with Crippen molar-refractivity contribution in [1.29, 1.82) is 0 Å². The van der Waals surface area contributed by atoms with Crippen LogP contribution < -0.4 is 15.6 Å². The molecule has 8 nitrogen and oxygen atoms in total. The van der Waals surface area contributed by atoms with Crippen molar-refractivity contribution in [1.82, 2.24) is 14.9 Å². The lowest BCUT2D eigenvalue weighted by Gasteiger charge is -2.12. The summed E-state index contributed by atoms with van der Waals surface area (Å²) in [5.74, 6) is -1.37. The van der Waals surface area contributed by atoms with Gasteiger partial charge in [-0.15, -0.1) is 12.4 Å². The molecule has 9 heteroatoms. The number of aromatic carboxylic acids is 1.